The lowest BCUT2D eigenvalue weighted by Gasteiger charge is -2.31. The van der Waals surface area contributed by atoms with Gasteiger partial charge in [-0.25, -0.2) is 0 Å². The summed E-state index contributed by atoms with van der Waals surface area (Å²) in [5.74, 6) is 1.05. The van der Waals surface area contributed by atoms with E-state index >= 15 is 0 Å². The van der Waals surface area contributed by atoms with E-state index in [4.69, 9.17) is 4.74 Å². The predicted octanol–water partition coefficient (Wildman–Crippen LogP) is 2.21. The Balaban J connectivity index is 1.80. The molecule has 22 heavy (non-hydrogen) atoms. The number of nitrogens with one attached hydrogen (secondary N) is 2. The van der Waals surface area contributed by atoms with Crippen LogP contribution in [0.2, 0.25) is 0 Å². The van der Waals surface area contributed by atoms with Gasteiger partial charge in [0.2, 0.25) is 5.78 Å². The first-order valence-corrected chi connectivity index (χ1v) is 8.25. The molecule has 4 heteroatoms. The Morgan fingerprint density at radius 1 is 1.41 bits per heavy atom. The molecule has 1 aliphatic heterocycles. The third-order valence-corrected chi connectivity index (χ3v) is 4.95. The van der Waals surface area contributed by atoms with Gasteiger partial charge in [0, 0.05) is 28.7 Å². The normalized spacial score (nSPS) is 21.9. The minimum atomic E-state index is 0.242. The molecular weight excluding hydrogens is 276 g/mol. The van der Waals surface area contributed by atoms with Crippen molar-refractivity contribution in [2.45, 2.75) is 38.6 Å². The molecule has 2 aromatic rings. The maximum absolute atomic E-state index is 12.7. The number of ether oxygens (including phenoxy) is 1. The Morgan fingerprint density at radius 2 is 2.27 bits per heavy atom. The number of ketones is 1. The lowest BCUT2D eigenvalue weighted by atomic mass is 9.99. The number of methoxy groups -OCH3 is 1. The fourth-order valence-corrected chi connectivity index (χ4v) is 3.64. The van der Waals surface area contributed by atoms with Crippen molar-refractivity contribution in [1.82, 2.24) is 4.98 Å². The monoisotopic (exact) mass is 301 g/mol. The minimum Gasteiger partial charge on any atom is -0.497 e. The van der Waals surface area contributed by atoms with Gasteiger partial charge in [0.15, 0.2) is 0 Å². The summed E-state index contributed by atoms with van der Waals surface area (Å²) < 4.78 is 5.23. The Labute approximate surface area is 131 Å². The van der Waals surface area contributed by atoms with Gasteiger partial charge in [0.1, 0.15) is 12.3 Å². The molecule has 2 N–H and O–H groups in total. The highest BCUT2D eigenvalue weighted by Gasteiger charge is 2.27. The number of aromatic amines is 1. The molecule has 0 amide bonds. The summed E-state index contributed by atoms with van der Waals surface area (Å²) in [5.41, 5.74) is 1.77. The Morgan fingerprint density at radius 3 is 3.05 bits per heavy atom. The third kappa shape index (κ3) is 2.88. The number of aromatic nitrogens is 1. The van der Waals surface area contributed by atoms with Crippen molar-refractivity contribution in [2.24, 2.45) is 0 Å². The van der Waals surface area contributed by atoms with Crippen molar-refractivity contribution in [1.29, 1.82) is 0 Å². The first kappa shape index (κ1) is 15.1. The van der Waals surface area contributed by atoms with Crippen LogP contribution >= 0.6 is 0 Å². The van der Waals surface area contributed by atoms with Crippen LogP contribution < -0.4 is 9.64 Å². The molecule has 1 aromatic heterocycles. The lowest BCUT2D eigenvalue weighted by molar-refractivity contribution is -0.922. The van der Waals surface area contributed by atoms with Gasteiger partial charge in [-0.1, -0.05) is 6.92 Å². The van der Waals surface area contributed by atoms with E-state index in [0.717, 1.165) is 35.2 Å². The number of carbonyl (C=O) groups is 1. The number of carbonyl (C=O) groups excluding carboxylic acids is 1. The second-order valence-corrected chi connectivity index (χ2v) is 6.22. The van der Waals surface area contributed by atoms with Gasteiger partial charge >= 0.3 is 0 Å². The van der Waals surface area contributed by atoms with Gasteiger partial charge in [-0.3, -0.25) is 4.79 Å². The summed E-state index contributed by atoms with van der Waals surface area (Å²) in [6.45, 7) is 3.97. The largest absolute Gasteiger partial charge is 0.497 e. The van der Waals surface area contributed by atoms with E-state index in [-0.39, 0.29) is 5.78 Å². The predicted molar refractivity (Wildman–Crippen MR) is 87.8 cm³/mol. The number of H-pyrrole nitrogens is 1. The molecule has 1 aliphatic rings. The SMILES string of the molecule is CC[C@@H]1CCCC[NH+]1CC(=O)c1c[nH]c2cc(OC)ccc12. The van der Waals surface area contributed by atoms with Crippen LogP contribution in [0.25, 0.3) is 10.9 Å². The quantitative estimate of drug-likeness (QED) is 0.832. The van der Waals surface area contributed by atoms with Crippen LogP contribution in [0, 0.1) is 0 Å². The second kappa shape index (κ2) is 6.53. The molecule has 1 fully saturated rings. The Hall–Kier alpha value is -1.81. The summed E-state index contributed by atoms with van der Waals surface area (Å²) in [4.78, 5) is 17.4. The highest BCUT2D eigenvalue weighted by atomic mass is 16.5. The Bertz CT molecular complexity index is 662. The average molecular weight is 301 g/mol. The van der Waals surface area contributed by atoms with E-state index in [1.54, 1.807) is 7.11 Å². The molecule has 0 aliphatic carbocycles. The molecule has 0 radical (unpaired) electrons. The fraction of sp³-hybridized carbons (Fsp3) is 0.500. The van der Waals surface area contributed by atoms with Gasteiger partial charge in [-0.2, -0.15) is 0 Å². The summed E-state index contributed by atoms with van der Waals surface area (Å²) in [7, 11) is 1.65. The smallest absolute Gasteiger partial charge is 0.219 e. The third-order valence-electron chi connectivity index (χ3n) is 4.95. The molecule has 118 valence electrons. The van der Waals surface area contributed by atoms with Crippen molar-refractivity contribution in [3.63, 3.8) is 0 Å². The maximum atomic E-state index is 12.7. The molecule has 0 saturated carbocycles. The number of rotatable bonds is 5. The van der Waals surface area contributed by atoms with Crippen LogP contribution in [-0.4, -0.2) is 37.0 Å². The molecule has 4 nitrogen and oxygen atoms in total. The zero-order chi connectivity index (χ0) is 15.5. The van der Waals surface area contributed by atoms with E-state index in [1.807, 2.05) is 24.4 Å². The van der Waals surface area contributed by atoms with Crippen LogP contribution in [0.5, 0.6) is 5.75 Å². The first-order chi connectivity index (χ1) is 10.7. The number of Topliss-reactive ketones (excluding diaryl/α,β-unsaturated/α-hetero) is 1. The maximum Gasteiger partial charge on any atom is 0.219 e. The average Bonchev–Trinajstić information content (AvgIpc) is 2.98. The standard InChI is InChI=1S/C18H24N2O2/c1-3-13-6-4-5-9-20(13)12-18(21)16-11-19-17-10-14(22-2)7-8-15(16)17/h7-8,10-11,13,19H,3-6,9,12H2,1-2H3/p+1/t13-/m1/s1. The number of quaternary nitrogens is 1. The number of hydrogen-bond acceptors (Lipinski definition) is 2. The number of hydrogen-bond donors (Lipinski definition) is 2. The van der Waals surface area contributed by atoms with Crippen molar-refractivity contribution >= 4 is 16.7 Å². The number of fused-ring (bicyclic) bond motifs is 1. The van der Waals surface area contributed by atoms with Crippen LogP contribution in [0.4, 0.5) is 0 Å². The topological polar surface area (TPSA) is 46.5 Å². The first-order valence-electron chi connectivity index (χ1n) is 8.25. The van der Waals surface area contributed by atoms with Gasteiger partial charge in [-0.05, 0) is 37.8 Å². The van der Waals surface area contributed by atoms with E-state index in [2.05, 4.69) is 11.9 Å². The number of piperidine rings is 1. The van der Waals surface area contributed by atoms with E-state index in [9.17, 15) is 4.79 Å². The molecule has 2 heterocycles. The van der Waals surface area contributed by atoms with Gasteiger partial charge in [0.05, 0.1) is 19.7 Å². The second-order valence-electron chi connectivity index (χ2n) is 6.22. The molecule has 1 aromatic carbocycles. The van der Waals surface area contributed by atoms with Gasteiger partial charge in [0.25, 0.3) is 0 Å². The zero-order valence-corrected chi connectivity index (χ0v) is 13.4. The van der Waals surface area contributed by atoms with E-state index in [1.165, 1.54) is 24.2 Å². The van der Waals surface area contributed by atoms with Crippen molar-refractivity contribution in [3.8, 4) is 5.75 Å². The minimum absolute atomic E-state index is 0.242. The number of likely N-dealkylation sites (tertiary alicyclic amines) is 1. The molecule has 0 bridgehead atoms. The molecule has 0 spiro atoms. The van der Waals surface area contributed by atoms with Crippen LogP contribution in [-0.2, 0) is 0 Å². The van der Waals surface area contributed by atoms with Crippen LogP contribution in [0.3, 0.4) is 0 Å². The summed E-state index contributed by atoms with van der Waals surface area (Å²) >= 11 is 0. The summed E-state index contributed by atoms with van der Waals surface area (Å²) in [6.07, 6.45) is 6.81. The van der Waals surface area contributed by atoms with Crippen molar-refractivity contribution in [2.75, 3.05) is 20.2 Å². The molecular formula is C18H25N2O2+. The van der Waals surface area contributed by atoms with Gasteiger partial charge in [-0.15, -0.1) is 0 Å². The Kier molecular flexibility index (Phi) is 4.48. The van der Waals surface area contributed by atoms with Crippen molar-refractivity contribution < 1.29 is 14.4 Å². The summed E-state index contributed by atoms with van der Waals surface area (Å²) in [5, 5.41) is 0.996. The van der Waals surface area contributed by atoms with E-state index in [0.29, 0.717) is 12.6 Å². The van der Waals surface area contributed by atoms with Gasteiger partial charge < -0.3 is 14.6 Å². The fourth-order valence-electron chi connectivity index (χ4n) is 3.64. The highest BCUT2D eigenvalue weighted by molar-refractivity contribution is 6.08. The van der Waals surface area contributed by atoms with E-state index < -0.39 is 0 Å². The van der Waals surface area contributed by atoms with Crippen LogP contribution in [0.1, 0.15) is 43.0 Å². The highest BCUT2D eigenvalue weighted by Crippen LogP contribution is 2.23. The molecule has 2 atom stereocenters. The molecule has 1 saturated heterocycles. The lowest BCUT2D eigenvalue weighted by Crippen LogP contribution is -3.17. The van der Waals surface area contributed by atoms with Crippen LogP contribution in [0.15, 0.2) is 24.4 Å². The zero-order valence-electron chi connectivity index (χ0n) is 13.4. The molecule has 1 unspecified atom stereocenters. The number of benzene rings is 1. The summed E-state index contributed by atoms with van der Waals surface area (Å²) in [6, 6.07) is 6.47. The molecule has 3 rings (SSSR count). The van der Waals surface area contributed by atoms with Crippen molar-refractivity contribution in [3.05, 3.63) is 30.0 Å².